The summed E-state index contributed by atoms with van der Waals surface area (Å²) < 4.78 is 33.8. The van der Waals surface area contributed by atoms with Crippen LogP contribution in [0.5, 0.6) is 11.5 Å². The van der Waals surface area contributed by atoms with Crippen molar-refractivity contribution in [2.45, 2.75) is 48.9 Å². The van der Waals surface area contributed by atoms with E-state index in [4.69, 9.17) is 28.4 Å². The molecule has 3 heterocycles. The number of aliphatic hydroxyl groups is 4. The monoisotopic (exact) mass is 482 g/mol. The predicted molar refractivity (Wildman–Crippen MR) is 108 cm³/mol. The van der Waals surface area contributed by atoms with Crippen molar-refractivity contribution in [2.75, 3.05) is 13.7 Å². The van der Waals surface area contributed by atoms with Crippen molar-refractivity contribution in [1.82, 2.24) is 0 Å². The third-order valence-electron chi connectivity index (χ3n) is 6.84. The van der Waals surface area contributed by atoms with Crippen LogP contribution in [0.1, 0.15) is 0 Å². The molecule has 186 valence electrons. The van der Waals surface area contributed by atoms with Gasteiger partial charge in [-0.05, 0) is 30.3 Å². The van der Waals surface area contributed by atoms with Crippen molar-refractivity contribution in [3.05, 3.63) is 36.6 Å². The molecule has 12 heteroatoms. The summed E-state index contributed by atoms with van der Waals surface area (Å²) in [5.41, 5.74) is 0. The van der Waals surface area contributed by atoms with Crippen LogP contribution in [0.25, 0.3) is 0 Å². The van der Waals surface area contributed by atoms with Crippen LogP contribution >= 0.6 is 0 Å². The average molecular weight is 482 g/mol. The van der Waals surface area contributed by atoms with Gasteiger partial charge in [-0.1, -0.05) is 0 Å². The Bertz CT molecular complexity index is 934. The van der Waals surface area contributed by atoms with E-state index >= 15 is 0 Å². The number of epoxide rings is 1. The van der Waals surface area contributed by atoms with Gasteiger partial charge in [0.1, 0.15) is 42.0 Å². The van der Waals surface area contributed by atoms with Crippen LogP contribution in [0.15, 0.2) is 36.6 Å². The Morgan fingerprint density at radius 3 is 2.50 bits per heavy atom. The third-order valence-corrected chi connectivity index (χ3v) is 6.84. The Balaban J connectivity index is 1.35. The number of carbonyl (C=O) groups is 1. The Morgan fingerprint density at radius 2 is 1.82 bits per heavy atom. The minimum Gasteiger partial charge on any atom is -0.508 e. The third kappa shape index (κ3) is 3.67. The first-order valence-corrected chi connectivity index (χ1v) is 10.8. The molecule has 2 saturated heterocycles. The molecular formula is C22H26O12. The van der Waals surface area contributed by atoms with Gasteiger partial charge in [0.25, 0.3) is 0 Å². The van der Waals surface area contributed by atoms with Gasteiger partial charge in [-0.3, -0.25) is 4.79 Å². The number of ether oxygens (including phenoxy) is 6. The number of phenolic OH excluding ortho intramolecular Hbond substituents is 1. The smallest absolute Gasteiger partial charge is 0.317 e. The molecule has 11 atom stereocenters. The van der Waals surface area contributed by atoms with Gasteiger partial charge in [0.05, 0.1) is 24.7 Å². The van der Waals surface area contributed by atoms with E-state index in [0.29, 0.717) is 0 Å². The second kappa shape index (κ2) is 8.73. The number of hydrogen-bond acceptors (Lipinski definition) is 12. The number of esters is 1. The van der Waals surface area contributed by atoms with Gasteiger partial charge in [-0.2, -0.15) is 0 Å². The van der Waals surface area contributed by atoms with E-state index in [1.807, 2.05) is 0 Å². The van der Waals surface area contributed by atoms with Gasteiger partial charge < -0.3 is 54.0 Å². The van der Waals surface area contributed by atoms with Gasteiger partial charge in [0, 0.05) is 13.0 Å². The van der Waals surface area contributed by atoms with Crippen LogP contribution in [0.4, 0.5) is 0 Å². The molecule has 1 aromatic rings. The van der Waals surface area contributed by atoms with E-state index in [0.717, 1.165) is 0 Å². The zero-order chi connectivity index (χ0) is 24.2. The van der Waals surface area contributed by atoms with Gasteiger partial charge in [-0.15, -0.1) is 0 Å². The molecule has 1 aromatic carbocycles. The van der Waals surface area contributed by atoms with E-state index < -0.39 is 79.2 Å². The van der Waals surface area contributed by atoms with Crippen LogP contribution in [-0.2, 0) is 28.5 Å². The first kappa shape index (κ1) is 23.5. The molecule has 0 radical (unpaired) electrons. The molecule has 4 aliphatic rings. The van der Waals surface area contributed by atoms with Gasteiger partial charge in [0.2, 0.25) is 12.1 Å². The van der Waals surface area contributed by atoms with Crippen molar-refractivity contribution in [3.63, 3.8) is 0 Å². The lowest BCUT2D eigenvalue weighted by Gasteiger charge is -2.43. The molecule has 0 bridgehead atoms. The average Bonchev–Trinajstić information content (AvgIpc) is 3.48. The van der Waals surface area contributed by atoms with Crippen LogP contribution < -0.4 is 4.74 Å². The fraction of sp³-hybridized carbons (Fsp3) is 0.591. The van der Waals surface area contributed by atoms with E-state index in [2.05, 4.69) is 0 Å². The number of hydrogen-bond donors (Lipinski definition) is 5. The second-order valence-electron chi connectivity index (χ2n) is 8.67. The molecule has 5 N–H and O–H groups in total. The highest BCUT2D eigenvalue weighted by molar-refractivity contribution is 5.78. The quantitative estimate of drug-likeness (QED) is 0.182. The predicted octanol–water partition coefficient (Wildman–Crippen LogP) is -1.41. The van der Waals surface area contributed by atoms with Crippen molar-refractivity contribution in [2.24, 2.45) is 17.8 Å². The molecule has 3 aliphatic heterocycles. The van der Waals surface area contributed by atoms with Crippen molar-refractivity contribution in [1.29, 1.82) is 0 Å². The van der Waals surface area contributed by atoms with Crippen molar-refractivity contribution in [3.8, 4) is 11.5 Å². The Kier molecular flexibility index (Phi) is 6.02. The maximum atomic E-state index is 13.1. The summed E-state index contributed by atoms with van der Waals surface area (Å²) in [6, 6.07) is 5.71. The largest absolute Gasteiger partial charge is 0.508 e. The van der Waals surface area contributed by atoms with E-state index in [9.17, 15) is 30.3 Å². The Morgan fingerprint density at radius 1 is 1.09 bits per heavy atom. The highest BCUT2D eigenvalue weighted by Gasteiger charge is 2.79. The van der Waals surface area contributed by atoms with Crippen LogP contribution in [0.3, 0.4) is 0 Å². The normalized spacial score (nSPS) is 44.6. The molecular weight excluding hydrogens is 456 g/mol. The molecule has 3 fully saturated rings. The zero-order valence-corrected chi connectivity index (χ0v) is 18.0. The summed E-state index contributed by atoms with van der Waals surface area (Å²) in [5, 5.41) is 49.2. The number of aromatic hydroxyl groups is 1. The number of phenols is 1. The number of allylic oxidation sites excluding steroid dienone is 1. The molecule has 11 unspecified atom stereocenters. The van der Waals surface area contributed by atoms with E-state index in [1.54, 1.807) is 6.08 Å². The van der Waals surface area contributed by atoms with Crippen LogP contribution in [-0.4, -0.2) is 94.1 Å². The van der Waals surface area contributed by atoms with E-state index in [-0.39, 0.29) is 11.5 Å². The zero-order valence-electron chi connectivity index (χ0n) is 18.0. The maximum Gasteiger partial charge on any atom is 0.317 e. The van der Waals surface area contributed by atoms with Crippen LogP contribution in [0, 0.1) is 17.8 Å². The highest BCUT2D eigenvalue weighted by Crippen LogP contribution is 2.63. The van der Waals surface area contributed by atoms with Crippen molar-refractivity contribution >= 4 is 5.97 Å². The summed E-state index contributed by atoms with van der Waals surface area (Å²) in [6.45, 7) is -0.610. The summed E-state index contributed by atoms with van der Waals surface area (Å²) >= 11 is 0. The summed E-state index contributed by atoms with van der Waals surface area (Å²) in [6.07, 6.45) is -6.12. The number of methoxy groups -OCH3 is 1. The molecule has 0 aromatic heterocycles. The SMILES string of the molecule is COC12OC1C(C(=O)Oc1ccc(O)cc1)C1C=COC(OC3OC(CO)C(O)C(O)C3O)C12. The molecule has 0 spiro atoms. The maximum absolute atomic E-state index is 13.1. The van der Waals surface area contributed by atoms with Gasteiger partial charge in [0.15, 0.2) is 6.29 Å². The first-order valence-electron chi connectivity index (χ1n) is 10.8. The first-order chi connectivity index (χ1) is 16.3. The lowest BCUT2D eigenvalue weighted by Crippen LogP contribution is -2.60. The number of aliphatic hydroxyl groups excluding tert-OH is 4. The Labute approximate surface area is 193 Å². The lowest BCUT2D eigenvalue weighted by molar-refractivity contribution is -0.348. The van der Waals surface area contributed by atoms with Gasteiger partial charge >= 0.3 is 5.97 Å². The molecule has 34 heavy (non-hydrogen) atoms. The molecule has 1 aliphatic carbocycles. The number of rotatable bonds is 6. The molecule has 5 rings (SSSR count). The standard InChI is InChI=1S/C22H26O12/c1-29-22-14-11(13(18(22)34-22)19(28)31-10-4-2-9(24)3-5-10)6-7-30-20(14)33-21-17(27)16(26)15(25)12(8-23)32-21/h2-7,11-18,20-21,23-27H,8H2,1H3. The summed E-state index contributed by atoms with van der Waals surface area (Å²) in [5.74, 6) is -3.41. The molecule has 0 amide bonds. The van der Waals surface area contributed by atoms with Crippen LogP contribution in [0.2, 0.25) is 0 Å². The minimum absolute atomic E-state index is 0.0326. The Hall–Kier alpha value is -2.29. The fourth-order valence-electron chi connectivity index (χ4n) is 5.07. The minimum atomic E-state index is -1.63. The number of carbonyl (C=O) groups excluding carboxylic acids is 1. The molecule has 1 saturated carbocycles. The lowest BCUT2D eigenvalue weighted by atomic mass is 9.85. The summed E-state index contributed by atoms with van der Waals surface area (Å²) in [7, 11) is 1.42. The van der Waals surface area contributed by atoms with Crippen molar-refractivity contribution < 1.29 is 58.7 Å². The summed E-state index contributed by atoms with van der Waals surface area (Å²) in [4.78, 5) is 13.1. The fourth-order valence-corrected chi connectivity index (χ4v) is 5.07. The highest BCUT2D eigenvalue weighted by atomic mass is 16.8. The van der Waals surface area contributed by atoms with Gasteiger partial charge in [-0.25, -0.2) is 0 Å². The number of benzene rings is 1. The molecule has 12 nitrogen and oxygen atoms in total. The van der Waals surface area contributed by atoms with E-state index in [1.165, 1.54) is 37.6 Å². The number of fused-ring (bicyclic) bond motifs is 3. The topological polar surface area (TPSA) is 177 Å². The second-order valence-corrected chi connectivity index (χ2v) is 8.67.